The lowest BCUT2D eigenvalue weighted by atomic mass is 9.95. The van der Waals surface area contributed by atoms with Gasteiger partial charge < -0.3 is 10.1 Å². The van der Waals surface area contributed by atoms with E-state index in [1.807, 2.05) is 24.3 Å². The van der Waals surface area contributed by atoms with Gasteiger partial charge in [-0.15, -0.1) is 6.58 Å². The van der Waals surface area contributed by atoms with Crippen molar-refractivity contribution in [1.82, 2.24) is 10.2 Å². The summed E-state index contributed by atoms with van der Waals surface area (Å²) in [7, 11) is 1.33. The molecular weight excluding hydrogens is 348 g/mol. The molecule has 0 aliphatic carbocycles. The predicted octanol–water partition coefficient (Wildman–Crippen LogP) is 3.15. The number of ether oxygens (including phenoxy) is 1. The third-order valence-corrected chi connectivity index (χ3v) is 3.99. The number of hydrogen-bond acceptors (Lipinski definition) is 3. The summed E-state index contributed by atoms with van der Waals surface area (Å²) in [6, 6.07) is 6.64. The molecule has 116 valence electrons. The number of methoxy groups -OCH3 is 1. The number of allylic oxidation sites excluding steroid dienone is 1. The molecule has 1 aromatic rings. The molecule has 6 heteroatoms. The van der Waals surface area contributed by atoms with E-state index in [2.05, 4.69) is 27.8 Å². The molecule has 2 rings (SSSR count). The van der Waals surface area contributed by atoms with E-state index in [1.165, 1.54) is 12.0 Å². The molecule has 2 amide bonds. The van der Waals surface area contributed by atoms with Crippen LogP contribution in [0.25, 0.3) is 0 Å². The number of rotatable bonds is 4. The van der Waals surface area contributed by atoms with Crippen LogP contribution in [0.4, 0.5) is 4.79 Å². The molecule has 1 unspecified atom stereocenters. The Morgan fingerprint density at radius 3 is 2.86 bits per heavy atom. The minimum absolute atomic E-state index is 0.268. The number of esters is 1. The van der Waals surface area contributed by atoms with Crippen molar-refractivity contribution in [3.05, 3.63) is 58.2 Å². The third kappa shape index (κ3) is 3.06. The maximum Gasteiger partial charge on any atom is 0.337 e. The van der Waals surface area contributed by atoms with Crippen molar-refractivity contribution in [3.8, 4) is 0 Å². The van der Waals surface area contributed by atoms with Crippen molar-refractivity contribution in [1.29, 1.82) is 0 Å². The highest BCUT2D eigenvalue weighted by molar-refractivity contribution is 9.10. The zero-order valence-electron chi connectivity index (χ0n) is 12.4. The lowest BCUT2D eigenvalue weighted by Crippen LogP contribution is -2.47. The molecule has 1 aliphatic heterocycles. The molecule has 0 radical (unpaired) electrons. The number of nitrogens with zero attached hydrogens (tertiary/aromatic N) is 1. The van der Waals surface area contributed by atoms with E-state index in [4.69, 9.17) is 4.74 Å². The Labute approximate surface area is 137 Å². The quantitative estimate of drug-likeness (QED) is 0.659. The molecule has 0 aromatic heterocycles. The minimum atomic E-state index is -0.543. The van der Waals surface area contributed by atoms with E-state index in [9.17, 15) is 9.59 Å². The van der Waals surface area contributed by atoms with Gasteiger partial charge in [-0.05, 0) is 24.6 Å². The molecular formula is C16H17BrN2O3. The van der Waals surface area contributed by atoms with Crippen LogP contribution in [0, 0.1) is 0 Å². The highest BCUT2D eigenvalue weighted by atomic mass is 79.9. The molecule has 0 spiro atoms. The number of benzene rings is 1. The van der Waals surface area contributed by atoms with E-state index < -0.39 is 12.0 Å². The number of carbonyl (C=O) groups excluding carboxylic acids is 2. The first kappa shape index (κ1) is 16.3. The van der Waals surface area contributed by atoms with Crippen molar-refractivity contribution in [3.63, 3.8) is 0 Å². The summed E-state index contributed by atoms with van der Waals surface area (Å²) >= 11 is 3.40. The number of urea groups is 1. The van der Waals surface area contributed by atoms with Gasteiger partial charge in [0.1, 0.15) is 0 Å². The molecule has 5 nitrogen and oxygen atoms in total. The third-order valence-electron chi connectivity index (χ3n) is 3.50. The molecule has 1 atom stereocenters. The maximum atomic E-state index is 12.3. The van der Waals surface area contributed by atoms with Crippen LogP contribution in [0.15, 0.2) is 52.7 Å². The van der Waals surface area contributed by atoms with Crippen LogP contribution >= 0.6 is 15.9 Å². The fourth-order valence-corrected chi connectivity index (χ4v) is 2.86. The van der Waals surface area contributed by atoms with Gasteiger partial charge in [0, 0.05) is 16.7 Å². The smallest absolute Gasteiger partial charge is 0.337 e. The topological polar surface area (TPSA) is 58.6 Å². The van der Waals surface area contributed by atoms with Crippen LogP contribution < -0.4 is 5.32 Å². The Hall–Kier alpha value is -2.08. The van der Waals surface area contributed by atoms with Crippen LogP contribution in [0.2, 0.25) is 0 Å². The highest BCUT2D eigenvalue weighted by Crippen LogP contribution is 2.32. The van der Waals surface area contributed by atoms with E-state index in [0.717, 1.165) is 10.0 Å². The molecule has 1 heterocycles. The lowest BCUT2D eigenvalue weighted by molar-refractivity contribution is -0.136. The second-order valence-corrected chi connectivity index (χ2v) is 5.74. The number of hydrogen-bond donors (Lipinski definition) is 1. The van der Waals surface area contributed by atoms with E-state index in [0.29, 0.717) is 17.8 Å². The average molecular weight is 365 g/mol. The van der Waals surface area contributed by atoms with Crippen LogP contribution in [0.1, 0.15) is 18.5 Å². The monoisotopic (exact) mass is 364 g/mol. The van der Waals surface area contributed by atoms with Crippen molar-refractivity contribution in [2.75, 3.05) is 13.7 Å². The first-order valence-corrected chi connectivity index (χ1v) is 7.52. The highest BCUT2D eigenvalue weighted by Gasteiger charge is 2.35. The van der Waals surface area contributed by atoms with Crippen LogP contribution in [-0.4, -0.2) is 30.6 Å². The predicted molar refractivity (Wildman–Crippen MR) is 87.0 cm³/mol. The molecule has 1 aliphatic rings. The van der Waals surface area contributed by atoms with Gasteiger partial charge in [0.2, 0.25) is 0 Å². The zero-order valence-corrected chi connectivity index (χ0v) is 14.0. The fourth-order valence-electron chi connectivity index (χ4n) is 2.44. The van der Waals surface area contributed by atoms with Gasteiger partial charge in [-0.2, -0.15) is 0 Å². The largest absolute Gasteiger partial charge is 0.466 e. The molecule has 1 aromatic carbocycles. The normalized spacial score (nSPS) is 18.0. The van der Waals surface area contributed by atoms with E-state index in [1.54, 1.807) is 13.0 Å². The summed E-state index contributed by atoms with van der Waals surface area (Å²) in [5, 5.41) is 2.85. The van der Waals surface area contributed by atoms with Crippen molar-refractivity contribution >= 4 is 27.9 Å². The summed E-state index contributed by atoms with van der Waals surface area (Å²) in [4.78, 5) is 26.0. The maximum absolute atomic E-state index is 12.3. The Balaban J connectivity index is 2.55. The average Bonchev–Trinajstić information content (AvgIpc) is 2.50. The molecule has 0 bridgehead atoms. The van der Waals surface area contributed by atoms with Gasteiger partial charge in [0.25, 0.3) is 0 Å². The number of halogens is 1. The molecule has 0 saturated carbocycles. The van der Waals surface area contributed by atoms with Crippen molar-refractivity contribution in [2.24, 2.45) is 0 Å². The first-order chi connectivity index (χ1) is 10.5. The number of amides is 2. The Kier molecular flexibility index (Phi) is 5.03. The summed E-state index contributed by atoms with van der Waals surface area (Å²) in [5.74, 6) is -0.462. The summed E-state index contributed by atoms with van der Waals surface area (Å²) < 4.78 is 5.76. The molecule has 22 heavy (non-hydrogen) atoms. The van der Waals surface area contributed by atoms with Crippen LogP contribution in [-0.2, 0) is 9.53 Å². The number of nitrogens with one attached hydrogen (secondary N) is 1. The van der Waals surface area contributed by atoms with Crippen LogP contribution in [0.3, 0.4) is 0 Å². The SMILES string of the molecule is C=CCN1C(=O)NC(c2cccc(Br)c2)C(C(=O)OC)=C1C. The van der Waals surface area contributed by atoms with Gasteiger partial charge in [0.15, 0.2) is 0 Å². The molecule has 1 N–H and O–H groups in total. The fraction of sp³-hybridized carbons (Fsp3) is 0.250. The lowest BCUT2D eigenvalue weighted by Gasteiger charge is -2.34. The van der Waals surface area contributed by atoms with Gasteiger partial charge in [-0.1, -0.05) is 34.1 Å². The van der Waals surface area contributed by atoms with Gasteiger partial charge >= 0.3 is 12.0 Å². The van der Waals surface area contributed by atoms with E-state index >= 15 is 0 Å². The van der Waals surface area contributed by atoms with Gasteiger partial charge in [-0.25, -0.2) is 9.59 Å². The van der Waals surface area contributed by atoms with Crippen molar-refractivity contribution < 1.29 is 14.3 Å². The zero-order chi connectivity index (χ0) is 16.3. The number of carbonyl (C=O) groups is 2. The van der Waals surface area contributed by atoms with E-state index in [-0.39, 0.29) is 6.03 Å². The standard InChI is InChI=1S/C16H17BrN2O3/c1-4-8-19-10(2)13(15(20)22-3)14(18-16(19)21)11-6-5-7-12(17)9-11/h4-7,9,14H,1,8H2,2-3H3,(H,18,21). The van der Waals surface area contributed by atoms with Gasteiger partial charge in [-0.3, -0.25) is 4.90 Å². The summed E-state index contributed by atoms with van der Waals surface area (Å²) in [6.45, 7) is 5.69. The molecule has 0 fully saturated rings. The Bertz CT molecular complexity index is 655. The van der Waals surface area contributed by atoms with Crippen LogP contribution in [0.5, 0.6) is 0 Å². The Morgan fingerprint density at radius 1 is 1.55 bits per heavy atom. The minimum Gasteiger partial charge on any atom is -0.466 e. The molecule has 0 saturated heterocycles. The second kappa shape index (κ2) is 6.79. The first-order valence-electron chi connectivity index (χ1n) is 6.73. The second-order valence-electron chi connectivity index (χ2n) is 4.83. The summed E-state index contributed by atoms with van der Waals surface area (Å²) in [6.07, 6.45) is 1.61. The van der Waals surface area contributed by atoms with Crippen molar-refractivity contribution in [2.45, 2.75) is 13.0 Å². The summed E-state index contributed by atoms with van der Waals surface area (Å²) in [5.41, 5.74) is 1.79. The van der Waals surface area contributed by atoms with Gasteiger partial charge in [0.05, 0.1) is 18.7 Å². The Morgan fingerprint density at radius 2 is 2.27 bits per heavy atom.